The summed E-state index contributed by atoms with van der Waals surface area (Å²) in [6, 6.07) is 13.9. The van der Waals surface area contributed by atoms with Crippen LogP contribution in [0.2, 0.25) is 5.02 Å². The van der Waals surface area contributed by atoms with Gasteiger partial charge in [-0.25, -0.2) is 0 Å². The van der Waals surface area contributed by atoms with Gasteiger partial charge in [0.25, 0.3) is 0 Å². The lowest BCUT2D eigenvalue weighted by Crippen LogP contribution is -2.09. The number of nitrogens with zero attached hydrogens (tertiary/aromatic N) is 1. The third-order valence-electron chi connectivity index (χ3n) is 4.56. The van der Waals surface area contributed by atoms with Crippen molar-refractivity contribution in [2.24, 2.45) is 0 Å². The quantitative estimate of drug-likeness (QED) is 0.682. The Morgan fingerprint density at radius 3 is 2.83 bits per heavy atom. The Morgan fingerprint density at radius 1 is 1.08 bits per heavy atom. The van der Waals surface area contributed by atoms with E-state index in [0.29, 0.717) is 0 Å². The molecule has 0 saturated carbocycles. The number of rotatable bonds is 3. The molecule has 122 valence electrons. The second-order valence-corrected chi connectivity index (χ2v) is 6.57. The van der Waals surface area contributed by atoms with E-state index in [2.05, 4.69) is 11.4 Å². The zero-order valence-corrected chi connectivity index (χ0v) is 14.4. The molecule has 0 radical (unpaired) electrons. The third-order valence-corrected chi connectivity index (χ3v) is 4.80. The number of fused-ring (bicyclic) bond motifs is 2. The maximum atomic E-state index is 6.25. The van der Waals surface area contributed by atoms with Gasteiger partial charge < -0.3 is 10.1 Å². The average Bonchev–Trinajstić information content (AvgIpc) is 2.62. The van der Waals surface area contributed by atoms with Gasteiger partial charge in [-0.15, -0.1) is 0 Å². The number of anilines is 2. The molecule has 0 spiro atoms. The molecule has 0 bridgehead atoms. The average molecular weight is 339 g/mol. The van der Waals surface area contributed by atoms with Crippen molar-refractivity contribution < 1.29 is 4.74 Å². The summed E-state index contributed by atoms with van der Waals surface area (Å²) < 4.78 is 5.34. The first-order chi connectivity index (χ1) is 11.7. The predicted octanol–water partition coefficient (Wildman–Crippen LogP) is 5.52. The van der Waals surface area contributed by atoms with Crippen molar-refractivity contribution in [2.75, 3.05) is 12.4 Å². The van der Waals surface area contributed by atoms with Crippen LogP contribution in [0.5, 0.6) is 5.75 Å². The molecule has 3 nitrogen and oxygen atoms in total. The van der Waals surface area contributed by atoms with Crippen LogP contribution in [-0.2, 0) is 12.8 Å². The second kappa shape index (κ2) is 6.33. The summed E-state index contributed by atoms with van der Waals surface area (Å²) in [5, 5.41) is 5.40. The molecule has 2 aromatic carbocycles. The monoisotopic (exact) mass is 338 g/mol. The zero-order valence-electron chi connectivity index (χ0n) is 13.6. The summed E-state index contributed by atoms with van der Waals surface area (Å²) in [4.78, 5) is 4.87. The second-order valence-electron chi connectivity index (χ2n) is 6.14. The maximum Gasteiger partial charge on any atom is 0.120 e. The molecule has 0 unspecified atom stereocenters. The normalized spacial score (nSPS) is 13.6. The summed E-state index contributed by atoms with van der Waals surface area (Å²) in [6.07, 6.45) is 4.50. The van der Waals surface area contributed by atoms with Crippen LogP contribution in [0.1, 0.15) is 24.1 Å². The number of nitrogens with one attached hydrogen (secondary N) is 1. The number of benzene rings is 2. The van der Waals surface area contributed by atoms with Gasteiger partial charge in [-0.1, -0.05) is 17.7 Å². The molecule has 1 aliphatic carbocycles. The Kier molecular flexibility index (Phi) is 4.03. The third kappa shape index (κ3) is 2.80. The van der Waals surface area contributed by atoms with E-state index in [4.69, 9.17) is 21.3 Å². The minimum Gasteiger partial charge on any atom is -0.497 e. The van der Waals surface area contributed by atoms with Gasteiger partial charge in [-0.2, -0.15) is 0 Å². The van der Waals surface area contributed by atoms with Gasteiger partial charge in [0.15, 0.2) is 0 Å². The van der Waals surface area contributed by atoms with Crippen molar-refractivity contribution in [1.29, 1.82) is 0 Å². The smallest absolute Gasteiger partial charge is 0.120 e. The standard InChI is InChI=1S/C20H19ClN2O/c1-24-15-6-4-5-14(12-15)22-20-16-7-2-3-8-18(16)23-19-10-9-13(21)11-17(19)20/h4-6,9-12H,2-3,7-8H2,1H3,(H,22,23). The highest BCUT2D eigenvalue weighted by atomic mass is 35.5. The van der Waals surface area contributed by atoms with Gasteiger partial charge in [-0.05, 0) is 61.6 Å². The van der Waals surface area contributed by atoms with Crippen LogP contribution in [0, 0.1) is 0 Å². The van der Waals surface area contributed by atoms with E-state index in [1.54, 1.807) is 7.11 Å². The first kappa shape index (κ1) is 15.3. The summed E-state index contributed by atoms with van der Waals surface area (Å²) in [5.74, 6) is 0.838. The van der Waals surface area contributed by atoms with Gasteiger partial charge in [0.05, 0.1) is 18.3 Å². The van der Waals surface area contributed by atoms with Crippen LogP contribution < -0.4 is 10.1 Å². The topological polar surface area (TPSA) is 34.1 Å². The fraction of sp³-hybridized carbons (Fsp3) is 0.250. The van der Waals surface area contributed by atoms with Crippen LogP contribution in [-0.4, -0.2) is 12.1 Å². The van der Waals surface area contributed by atoms with Crippen molar-refractivity contribution in [1.82, 2.24) is 4.98 Å². The van der Waals surface area contributed by atoms with Crippen molar-refractivity contribution in [2.45, 2.75) is 25.7 Å². The maximum absolute atomic E-state index is 6.25. The number of halogens is 1. The Labute approximate surface area is 146 Å². The fourth-order valence-corrected chi connectivity index (χ4v) is 3.56. The van der Waals surface area contributed by atoms with Gasteiger partial charge in [0.2, 0.25) is 0 Å². The molecule has 0 saturated heterocycles. The zero-order chi connectivity index (χ0) is 16.5. The van der Waals surface area contributed by atoms with Crippen LogP contribution in [0.25, 0.3) is 10.9 Å². The molecule has 0 fully saturated rings. The molecule has 1 aliphatic rings. The van der Waals surface area contributed by atoms with Crippen molar-refractivity contribution in [3.8, 4) is 5.75 Å². The molecule has 1 N–H and O–H groups in total. The molecule has 1 aromatic heterocycles. The molecular weight excluding hydrogens is 320 g/mol. The van der Waals surface area contributed by atoms with Crippen LogP contribution in [0.4, 0.5) is 11.4 Å². The lowest BCUT2D eigenvalue weighted by molar-refractivity contribution is 0.415. The number of methoxy groups -OCH3 is 1. The minimum atomic E-state index is 0.730. The minimum absolute atomic E-state index is 0.730. The van der Waals surface area contributed by atoms with E-state index >= 15 is 0 Å². The molecular formula is C20H19ClN2O. The van der Waals surface area contributed by atoms with E-state index in [0.717, 1.165) is 45.9 Å². The Hall–Kier alpha value is -2.26. The Morgan fingerprint density at radius 2 is 1.96 bits per heavy atom. The Balaban J connectivity index is 1.89. The van der Waals surface area contributed by atoms with Gasteiger partial charge in [0, 0.05) is 27.9 Å². The number of aromatic nitrogens is 1. The number of hydrogen-bond acceptors (Lipinski definition) is 3. The largest absolute Gasteiger partial charge is 0.497 e. The summed E-state index contributed by atoms with van der Waals surface area (Å²) in [5.41, 5.74) is 5.66. The molecule has 4 rings (SSSR count). The first-order valence-corrected chi connectivity index (χ1v) is 8.64. The van der Waals surface area contributed by atoms with Crippen LogP contribution in [0.15, 0.2) is 42.5 Å². The first-order valence-electron chi connectivity index (χ1n) is 8.27. The summed E-state index contributed by atoms with van der Waals surface area (Å²) >= 11 is 6.25. The van der Waals surface area contributed by atoms with E-state index < -0.39 is 0 Å². The SMILES string of the molecule is COc1cccc(Nc2c3c(nc4ccc(Cl)cc24)CCCC3)c1. The number of hydrogen-bond donors (Lipinski definition) is 1. The molecule has 3 aromatic rings. The number of pyridine rings is 1. The lowest BCUT2D eigenvalue weighted by atomic mass is 9.92. The fourth-order valence-electron chi connectivity index (χ4n) is 3.38. The molecule has 0 amide bonds. The molecule has 24 heavy (non-hydrogen) atoms. The van der Waals surface area contributed by atoms with Crippen molar-refractivity contribution in [3.05, 3.63) is 58.7 Å². The van der Waals surface area contributed by atoms with Gasteiger partial charge in [-0.3, -0.25) is 4.98 Å². The summed E-state index contributed by atoms with van der Waals surface area (Å²) in [7, 11) is 1.68. The van der Waals surface area contributed by atoms with Crippen molar-refractivity contribution >= 4 is 33.9 Å². The lowest BCUT2D eigenvalue weighted by Gasteiger charge is -2.22. The highest BCUT2D eigenvalue weighted by molar-refractivity contribution is 6.31. The van der Waals surface area contributed by atoms with E-state index in [9.17, 15) is 0 Å². The van der Waals surface area contributed by atoms with Gasteiger partial charge >= 0.3 is 0 Å². The van der Waals surface area contributed by atoms with E-state index in [-0.39, 0.29) is 0 Å². The van der Waals surface area contributed by atoms with Gasteiger partial charge in [0.1, 0.15) is 5.75 Å². The molecule has 0 atom stereocenters. The predicted molar refractivity (Wildman–Crippen MR) is 99.7 cm³/mol. The Bertz CT molecular complexity index is 908. The molecule has 0 aliphatic heterocycles. The highest BCUT2D eigenvalue weighted by Gasteiger charge is 2.18. The number of ether oxygens (including phenoxy) is 1. The molecule has 1 heterocycles. The van der Waals surface area contributed by atoms with E-state index in [1.807, 2.05) is 36.4 Å². The summed E-state index contributed by atoms with van der Waals surface area (Å²) in [6.45, 7) is 0. The van der Waals surface area contributed by atoms with Crippen LogP contribution in [0.3, 0.4) is 0 Å². The number of aryl methyl sites for hydroxylation is 1. The van der Waals surface area contributed by atoms with Crippen molar-refractivity contribution in [3.63, 3.8) is 0 Å². The highest BCUT2D eigenvalue weighted by Crippen LogP contribution is 2.36. The van der Waals surface area contributed by atoms with Crippen LogP contribution >= 0.6 is 11.6 Å². The van der Waals surface area contributed by atoms with E-state index in [1.165, 1.54) is 24.1 Å². The molecule has 4 heteroatoms.